The molecule has 0 saturated carbocycles. The van der Waals surface area contributed by atoms with Crippen LogP contribution in [0, 0.1) is 5.92 Å². The molecule has 1 heterocycles. The van der Waals surface area contributed by atoms with Gasteiger partial charge in [0.05, 0.1) is 20.5 Å². The summed E-state index contributed by atoms with van der Waals surface area (Å²) in [7, 11) is -4.74. The third-order valence-corrected chi connectivity index (χ3v) is 8.79. The highest BCUT2D eigenvalue weighted by Gasteiger charge is 2.39. The Balaban J connectivity index is 2.55. The zero-order chi connectivity index (χ0) is 29.9. The number of aliphatic hydroxyl groups is 1. The van der Waals surface area contributed by atoms with Crippen LogP contribution in [0.1, 0.15) is 61.3 Å². The lowest BCUT2D eigenvalue weighted by molar-refractivity contribution is -0.147. The SMILES string of the molecule is CC(C)CCNC(=O)c1nc(C(=O)NCC(C)(C)O)sc1-c1ccc(S(=O)(=O)NC(C)C(F)(F)F)c(Cl)c1Cl. The summed E-state index contributed by atoms with van der Waals surface area (Å²) in [6.45, 7) is 7.72. The first-order valence-corrected chi connectivity index (χ1v) is 14.7. The van der Waals surface area contributed by atoms with E-state index in [0.717, 1.165) is 23.5 Å². The van der Waals surface area contributed by atoms with Crippen molar-refractivity contribution in [2.24, 2.45) is 5.92 Å². The maximum atomic E-state index is 13.0. The van der Waals surface area contributed by atoms with Crippen LogP contribution in [0.25, 0.3) is 10.4 Å². The number of amides is 2. The fourth-order valence-corrected chi connectivity index (χ4v) is 6.12. The summed E-state index contributed by atoms with van der Waals surface area (Å²) in [4.78, 5) is 29.2. The van der Waals surface area contributed by atoms with Gasteiger partial charge in [-0.3, -0.25) is 9.59 Å². The Morgan fingerprint density at radius 3 is 2.23 bits per heavy atom. The van der Waals surface area contributed by atoms with Gasteiger partial charge in [-0.15, -0.1) is 11.3 Å². The smallest absolute Gasteiger partial charge is 0.389 e. The molecule has 0 spiro atoms. The summed E-state index contributed by atoms with van der Waals surface area (Å²) >= 11 is 13.3. The first kappa shape index (κ1) is 33.2. The molecule has 2 aromatic rings. The minimum Gasteiger partial charge on any atom is -0.389 e. The third kappa shape index (κ3) is 9.02. The second kappa shape index (κ2) is 12.7. The Kier molecular flexibility index (Phi) is 10.8. The quantitative estimate of drug-likeness (QED) is 0.285. The fourth-order valence-electron chi connectivity index (χ4n) is 2.96. The van der Waals surface area contributed by atoms with Gasteiger partial charge in [-0.2, -0.15) is 17.9 Å². The third-order valence-electron chi connectivity index (χ3n) is 5.13. The van der Waals surface area contributed by atoms with E-state index in [1.165, 1.54) is 18.6 Å². The maximum Gasteiger partial charge on any atom is 0.404 e. The topological polar surface area (TPSA) is 137 Å². The lowest BCUT2D eigenvalue weighted by Crippen LogP contribution is -2.43. The van der Waals surface area contributed by atoms with Gasteiger partial charge in [0.25, 0.3) is 11.8 Å². The number of carbonyl (C=O) groups is 2. The molecule has 16 heteroatoms. The van der Waals surface area contributed by atoms with Crippen LogP contribution in [0.5, 0.6) is 0 Å². The predicted octanol–water partition coefficient (Wildman–Crippen LogP) is 4.62. The van der Waals surface area contributed by atoms with Crippen molar-refractivity contribution in [1.82, 2.24) is 20.3 Å². The highest BCUT2D eigenvalue weighted by molar-refractivity contribution is 7.89. The van der Waals surface area contributed by atoms with Gasteiger partial charge in [-0.1, -0.05) is 43.1 Å². The molecule has 2 amide bonds. The van der Waals surface area contributed by atoms with Crippen molar-refractivity contribution in [3.63, 3.8) is 0 Å². The number of halogens is 5. The number of nitrogens with one attached hydrogen (secondary N) is 3. The predicted molar refractivity (Wildman–Crippen MR) is 144 cm³/mol. The highest BCUT2D eigenvalue weighted by Crippen LogP contribution is 2.41. The Morgan fingerprint density at radius 1 is 1.08 bits per heavy atom. The molecule has 4 N–H and O–H groups in total. The Bertz CT molecular complexity index is 1330. The highest BCUT2D eigenvalue weighted by atomic mass is 35.5. The number of sulfonamides is 1. The van der Waals surface area contributed by atoms with E-state index in [1.807, 2.05) is 13.8 Å². The molecule has 1 aromatic carbocycles. The summed E-state index contributed by atoms with van der Waals surface area (Å²) < 4.78 is 65.5. The van der Waals surface area contributed by atoms with Crippen molar-refractivity contribution in [1.29, 1.82) is 0 Å². The zero-order valence-corrected chi connectivity index (χ0v) is 24.8. The molecular weight excluding hydrogens is 604 g/mol. The molecule has 0 radical (unpaired) electrons. The summed E-state index contributed by atoms with van der Waals surface area (Å²) in [6.07, 6.45) is -4.18. The molecule has 0 fully saturated rings. The van der Waals surface area contributed by atoms with Crippen LogP contribution in [0.4, 0.5) is 13.2 Å². The fraction of sp³-hybridized carbons (Fsp3) is 0.522. The first-order chi connectivity index (χ1) is 17.7. The van der Waals surface area contributed by atoms with E-state index in [4.69, 9.17) is 23.2 Å². The van der Waals surface area contributed by atoms with Crippen LogP contribution in [0.15, 0.2) is 17.0 Å². The number of thiazole rings is 1. The van der Waals surface area contributed by atoms with Gasteiger partial charge >= 0.3 is 6.18 Å². The first-order valence-electron chi connectivity index (χ1n) is 11.6. The molecule has 1 aromatic heterocycles. The minimum atomic E-state index is -4.84. The molecule has 0 aliphatic rings. The average molecular weight is 634 g/mol. The second-order valence-electron chi connectivity index (χ2n) is 9.75. The number of benzene rings is 1. The number of carbonyl (C=O) groups excluding carboxylic acids is 2. The average Bonchev–Trinajstić information content (AvgIpc) is 3.22. The van der Waals surface area contributed by atoms with Crippen molar-refractivity contribution in [2.75, 3.05) is 13.1 Å². The van der Waals surface area contributed by atoms with Gasteiger partial charge in [0, 0.05) is 18.7 Å². The van der Waals surface area contributed by atoms with Crippen LogP contribution >= 0.6 is 34.5 Å². The number of rotatable bonds is 11. The molecule has 2 rings (SSSR count). The maximum absolute atomic E-state index is 13.0. The minimum absolute atomic E-state index is 0.0394. The second-order valence-corrected chi connectivity index (χ2v) is 13.2. The van der Waals surface area contributed by atoms with Crippen LogP contribution in [-0.4, -0.2) is 61.2 Å². The summed E-state index contributed by atoms with van der Waals surface area (Å²) in [5.74, 6) is -1.02. The molecular formula is C23H29Cl2F3N4O5S2. The normalized spacial score (nSPS) is 13.4. The van der Waals surface area contributed by atoms with Gasteiger partial charge < -0.3 is 15.7 Å². The molecule has 1 unspecified atom stereocenters. The van der Waals surface area contributed by atoms with Crippen LogP contribution in [0.2, 0.25) is 10.0 Å². The van der Waals surface area contributed by atoms with Crippen LogP contribution < -0.4 is 15.4 Å². The van der Waals surface area contributed by atoms with Crippen molar-refractivity contribution in [3.8, 4) is 10.4 Å². The van der Waals surface area contributed by atoms with Crippen molar-refractivity contribution in [3.05, 3.63) is 32.9 Å². The van der Waals surface area contributed by atoms with Crippen LogP contribution in [-0.2, 0) is 10.0 Å². The lowest BCUT2D eigenvalue weighted by atomic mass is 10.1. The van der Waals surface area contributed by atoms with Gasteiger partial charge in [-0.25, -0.2) is 13.4 Å². The lowest BCUT2D eigenvalue weighted by Gasteiger charge is -2.18. The molecule has 0 bridgehead atoms. The number of hydrogen-bond acceptors (Lipinski definition) is 7. The molecule has 1 atom stereocenters. The van der Waals surface area contributed by atoms with E-state index >= 15 is 0 Å². The molecule has 218 valence electrons. The number of alkyl halides is 3. The van der Waals surface area contributed by atoms with E-state index in [1.54, 1.807) is 0 Å². The van der Waals surface area contributed by atoms with E-state index in [0.29, 0.717) is 25.8 Å². The van der Waals surface area contributed by atoms with E-state index < -0.39 is 49.6 Å². The van der Waals surface area contributed by atoms with E-state index in [-0.39, 0.29) is 32.7 Å². The van der Waals surface area contributed by atoms with E-state index in [2.05, 4.69) is 15.6 Å². The van der Waals surface area contributed by atoms with Crippen LogP contribution in [0.3, 0.4) is 0 Å². The molecule has 0 aliphatic heterocycles. The number of hydrogen-bond donors (Lipinski definition) is 4. The Hall–Kier alpha value is -1.97. The zero-order valence-electron chi connectivity index (χ0n) is 21.7. The number of aromatic nitrogens is 1. The summed E-state index contributed by atoms with van der Waals surface area (Å²) in [5.41, 5.74) is -1.37. The largest absolute Gasteiger partial charge is 0.404 e. The van der Waals surface area contributed by atoms with Gasteiger partial charge in [0.2, 0.25) is 10.0 Å². The van der Waals surface area contributed by atoms with Gasteiger partial charge in [-0.05, 0) is 39.2 Å². The summed E-state index contributed by atoms with van der Waals surface area (Å²) in [5, 5.41) is 14.0. The van der Waals surface area contributed by atoms with E-state index in [9.17, 15) is 36.3 Å². The monoisotopic (exact) mass is 632 g/mol. The van der Waals surface area contributed by atoms with Gasteiger partial charge in [0.15, 0.2) is 5.01 Å². The molecule has 0 saturated heterocycles. The molecule has 39 heavy (non-hydrogen) atoms. The number of nitrogens with zero attached hydrogens (tertiary/aromatic N) is 1. The summed E-state index contributed by atoms with van der Waals surface area (Å²) in [6, 6.07) is -0.286. The van der Waals surface area contributed by atoms with Crippen molar-refractivity contribution >= 4 is 56.4 Å². The molecule has 0 aliphatic carbocycles. The van der Waals surface area contributed by atoms with Crippen molar-refractivity contribution in [2.45, 2.75) is 63.8 Å². The standard InChI is InChI=1S/C23H29Cl2F3N4O5S2/c1-11(2)8-9-29-19(33)17-18(38-21(31-17)20(34)30-10-22(4,5)35)13-6-7-14(16(25)15(13)24)39(36,37)32-12(3)23(26,27)28/h6-7,11-12,32,35H,8-10H2,1-5H3,(H,29,33)(H,30,34). The Labute approximate surface area is 238 Å². The van der Waals surface area contributed by atoms with Crippen molar-refractivity contribution < 1.29 is 36.3 Å². The molecule has 9 nitrogen and oxygen atoms in total. The Morgan fingerprint density at radius 2 is 1.69 bits per heavy atom. The van der Waals surface area contributed by atoms with Gasteiger partial charge in [0.1, 0.15) is 16.6 Å².